The van der Waals surface area contributed by atoms with E-state index in [0.717, 1.165) is 16.9 Å². The van der Waals surface area contributed by atoms with Gasteiger partial charge in [-0.05, 0) is 56.2 Å². The second-order valence-electron chi connectivity index (χ2n) is 6.57. The van der Waals surface area contributed by atoms with E-state index in [1.807, 2.05) is 38.1 Å². The minimum Gasteiger partial charge on any atom is -0.469 e. The number of aromatic nitrogens is 2. The zero-order valence-corrected chi connectivity index (χ0v) is 16.1. The number of nitrogens with one attached hydrogen (secondary N) is 1. The van der Waals surface area contributed by atoms with Crippen LogP contribution in [0.5, 0.6) is 5.88 Å². The molecule has 1 amide bonds. The van der Waals surface area contributed by atoms with Crippen LogP contribution in [-0.4, -0.2) is 28.3 Å². The molecule has 1 atom stereocenters. The summed E-state index contributed by atoms with van der Waals surface area (Å²) >= 11 is 0. The van der Waals surface area contributed by atoms with Crippen LogP contribution in [0.4, 0.5) is 0 Å². The molecule has 0 aliphatic carbocycles. The highest BCUT2D eigenvalue weighted by Gasteiger charge is 2.16. The highest BCUT2D eigenvalue weighted by molar-refractivity contribution is 5.80. The smallest absolute Gasteiger partial charge is 0.271 e. The number of carbonyl (C=O) groups excluding carboxylic acids is 1. The van der Waals surface area contributed by atoms with Crippen LogP contribution in [0.15, 0.2) is 57.9 Å². The van der Waals surface area contributed by atoms with Crippen molar-refractivity contribution in [1.29, 1.82) is 0 Å². The first kappa shape index (κ1) is 19.4. The zero-order chi connectivity index (χ0) is 20.1. The molecule has 7 nitrogen and oxygen atoms in total. The van der Waals surface area contributed by atoms with Crippen LogP contribution < -0.4 is 15.6 Å². The molecule has 0 aliphatic rings. The Morgan fingerprint density at radius 3 is 2.75 bits per heavy atom. The Bertz CT molecular complexity index is 1010. The fourth-order valence-corrected chi connectivity index (χ4v) is 2.64. The average molecular weight is 381 g/mol. The van der Waals surface area contributed by atoms with Gasteiger partial charge in [0.05, 0.1) is 12.0 Å². The van der Waals surface area contributed by atoms with E-state index in [2.05, 4.69) is 10.4 Å². The first-order valence-electron chi connectivity index (χ1n) is 9.09. The van der Waals surface area contributed by atoms with Crippen LogP contribution in [0.3, 0.4) is 0 Å². The quantitative estimate of drug-likeness (QED) is 0.680. The maximum Gasteiger partial charge on any atom is 0.271 e. The predicted molar refractivity (Wildman–Crippen MR) is 105 cm³/mol. The summed E-state index contributed by atoms with van der Waals surface area (Å²) in [4.78, 5) is 24.4. The standard InChI is InChI=1S/C21H23N3O4/c1-14-6-7-17(13-15(14)2)24-20(25)9-8-19(23-24)28-16(3)21(26)22-11-10-18-5-4-12-27-18/h4-9,12-13,16H,10-11H2,1-3H3,(H,22,26). The van der Waals surface area contributed by atoms with E-state index >= 15 is 0 Å². The molecule has 1 aromatic carbocycles. The Labute approximate surface area is 162 Å². The van der Waals surface area contributed by atoms with Gasteiger partial charge in [0, 0.05) is 25.1 Å². The molecule has 2 heterocycles. The summed E-state index contributed by atoms with van der Waals surface area (Å²) in [6.45, 7) is 6.05. The molecular weight excluding hydrogens is 358 g/mol. The summed E-state index contributed by atoms with van der Waals surface area (Å²) in [7, 11) is 0. The van der Waals surface area contributed by atoms with Crippen molar-refractivity contribution >= 4 is 5.91 Å². The number of aryl methyl sites for hydroxylation is 2. The number of nitrogens with zero attached hydrogens (tertiary/aromatic N) is 2. The molecule has 146 valence electrons. The third kappa shape index (κ3) is 4.68. The zero-order valence-electron chi connectivity index (χ0n) is 16.1. The minimum atomic E-state index is -0.755. The lowest BCUT2D eigenvalue weighted by atomic mass is 10.1. The maximum absolute atomic E-state index is 12.2. The maximum atomic E-state index is 12.2. The number of hydrogen-bond donors (Lipinski definition) is 1. The molecule has 0 fully saturated rings. The summed E-state index contributed by atoms with van der Waals surface area (Å²) in [6.07, 6.45) is 1.44. The predicted octanol–water partition coefficient (Wildman–Crippen LogP) is 2.57. The average Bonchev–Trinajstić information content (AvgIpc) is 3.19. The SMILES string of the molecule is Cc1ccc(-n2nc(OC(C)C(=O)NCCc3ccco3)ccc2=O)cc1C. The first-order chi connectivity index (χ1) is 13.4. The largest absolute Gasteiger partial charge is 0.469 e. The van der Waals surface area contributed by atoms with E-state index < -0.39 is 6.10 Å². The molecular formula is C21H23N3O4. The van der Waals surface area contributed by atoms with Crippen molar-refractivity contribution in [3.05, 3.63) is 76.0 Å². The number of ether oxygens (including phenoxy) is 1. The summed E-state index contributed by atoms with van der Waals surface area (Å²) in [5, 5.41) is 7.04. The molecule has 1 unspecified atom stereocenters. The Kier molecular flexibility index (Phi) is 5.93. The van der Waals surface area contributed by atoms with Crippen molar-refractivity contribution in [3.63, 3.8) is 0 Å². The van der Waals surface area contributed by atoms with E-state index in [1.54, 1.807) is 19.3 Å². The lowest BCUT2D eigenvalue weighted by Gasteiger charge is -2.15. The van der Waals surface area contributed by atoms with E-state index in [9.17, 15) is 9.59 Å². The molecule has 2 aromatic heterocycles. The molecule has 0 saturated carbocycles. The number of hydrogen-bond acceptors (Lipinski definition) is 5. The Morgan fingerprint density at radius 2 is 2.04 bits per heavy atom. The van der Waals surface area contributed by atoms with Gasteiger partial charge in [0.2, 0.25) is 5.88 Å². The van der Waals surface area contributed by atoms with Gasteiger partial charge in [-0.15, -0.1) is 5.10 Å². The molecule has 0 bridgehead atoms. The number of benzene rings is 1. The van der Waals surface area contributed by atoms with Crippen LogP contribution in [0.1, 0.15) is 23.8 Å². The Balaban J connectivity index is 1.65. The number of amides is 1. The minimum absolute atomic E-state index is 0.200. The third-order valence-electron chi connectivity index (χ3n) is 4.43. The van der Waals surface area contributed by atoms with Crippen LogP contribution >= 0.6 is 0 Å². The summed E-state index contributed by atoms with van der Waals surface area (Å²) in [5.41, 5.74) is 2.56. The summed E-state index contributed by atoms with van der Waals surface area (Å²) in [6, 6.07) is 12.1. The second-order valence-corrected chi connectivity index (χ2v) is 6.57. The topological polar surface area (TPSA) is 86.4 Å². The Morgan fingerprint density at radius 1 is 1.21 bits per heavy atom. The van der Waals surface area contributed by atoms with Crippen LogP contribution in [0, 0.1) is 13.8 Å². The molecule has 3 aromatic rings. The summed E-state index contributed by atoms with van der Waals surface area (Å²) < 4.78 is 12.1. The lowest BCUT2D eigenvalue weighted by Crippen LogP contribution is -2.37. The second kappa shape index (κ2) is 8.56. The molecule has 1 N–H and O–H groups in total. The highest BCUT2D eigenvalue weighted by Crippen LogP contribution is 2.13. The van der Waals surface area contributed by atoms with Gasteiger partial charge in [-0.3, -0.25) is 9.59 Å². The molecule has 0 spiro atoms. The lowest BCUT2D eigenvalue weighted by molar-refractivity contribution is -0.127. The monoisotopic (exact) mass is 381 g/mol. The highest BCUT2D eigenvalue weighted by atomic mass is 16.5. The molecule has 0 radical (unpaired) electrons. The number of carbonyl (C=O) groups is 1. The van der Waals surface area contributed by atoms with Gasteiger partial charge < -0.3 is 14.5 Å². The van der Waals surface area contributed by atoms with Crippen LogP contribution in [0.25, 0.3) is 5.69 Å². The normalized spacial score (nSPS) is 11.8. The van der Waals surface area contributed by atoms with Gasteiger partial charge in [0.15, 0.2) is 6.10 Å². The Hall–Kier alpha value is -3.35. The van der Waals surface area contributed by atoms with Crippen LogP contribution in [-0.2, 0) is 11.2 Å². The molecule has 7 heteroatoms. The van der Waals surface area contributed by atoms with Gasteiger partial charge >= 0.3 is 0 Å². The molecule has 3 rings (SSSR count). The van der Waals surface area contributed by atoms with Gasteiger partial charge in [-0.1, -0.05) is 6.07 Å². The molecule has 0 aliphatic heterocycles. The fourth-order valence-electron chi connectivity index (χ4n) is 2.64. The van der Waals surface area contributed by atoms with Crippen molar-refractivity contribution < 1.29 is 13.9 Å². The van der Waals surface area contributed by atoms with Gasteiger partial charge in [0.1, 0.15) is 5.76 Å². The van der Waals surface area contributed by atoms with E-state index in [1.165, 1.54) is 16.8 Å². The molecule has 28 heavy (non-hydrogen) atoms. The van der Waals surface area contributed by atoms with Crippen molar-refractivity contribution in [2.75, 3.05) is 6.54 Å². The van der Waals surface area contributed by atoms with Gasteiger partial charge in [-0.25, -0.2) is 0 Å². The van der Waals surface area contributed by atoms with Crippen molar-refractivity contribution in [2.24, 2.45) is 0 Å². The van der Waals surface area contributed by atoms with Crippen LogP contribution in [0.2, 0.25) is 0 Å². The number of rotatable bonds is 7. The van der Waals surface area contributed by atoms with E-state index in [-0.39, 0.29) is 17.3 Å². The number of furan rings is 1. The molecule has 0 saturated heterocycles. The third-order valence-corrected chi connectivity index (χ3v) is 4.43. The first-order valence-corrected chi connectivity index (χ1v) is 9.09. The fraction of sp³-hybridized carbons (Fsp3) is 0.286. The van der Waals surface area contributed by atoms with Gasteiger partial charge in [-0.2, -0.15) is 4.68 Å². The van der Waals surface area contributed by atoms with Crippen molar-refractivity contribution in [1.82, 2.24) is 15.1 Å². The van der Waals surface area contributed by atoms with Gasteiger partial charge in [0.25, 0.3) is 11.5 Å². The summed E-state index contributed by atoms with van der Waals surface area (Å²) in [5.74, 6) is 0.736. The van der Waals surface area contributed by atoms with Crippen molar-refractivity contribution in [2.45, 2.75) is 33.3 Å². The van der Waals surface area contributed by atoms with Crippen molar-refractivity contribution in [3.8, 4) is 11.6 Å². The van der Waals surface area contributed by atoms with E-state index in [4.69, 9.17) is 9.15 Å². The van der Waals surface area contributed by atoms with E-state index in [0.29, 0.717) is 18.7 Å².